The maximum atomic E-state index is 14.8. The molecular formula is C67H101F3N12O17. The number of imide groups is 1. The second kappa shape index (κ2) is 39.7. The molecule has 1 fully saturated rings. The molecule has 4 rings (SSSR count). The number of likely N-dealkylation sites (tertiary alicyclic amines) is 1. The molecule has 0 radical (unpaired) electrons. The van der Waals surface area contributed by atoms with E-state index >= 15 is 0 Å². The van der Waals surface area contributed by atoms with Gasteiger partial charge in [0.05, 0.1) is 48.8 Å². The molecule has 0 spiro atoms. The van der Waals surface area contributed by atoms with Crippen molar-refractivity contribution < 1.29 is 95.1 Å². The van der Waals surface area contributed by atoms with Crippen LogP contribution in [-0.4, -0.2) is 216 Å². The SMILES string of the molecule is CC[C@H](C)[C@@H]([C@@H](CC(=O)N1CCC[C@H]1[C@H](OC)[C@@H](C)C(=O)N[C@H](C)[C@@H](O)c1ccccc1)OC)N(C)C(=O)[C@@H](NC(=O)[C@H](C(C)C)N(C)C(=O)OCc1ccc(NC(=O)[C@H](CCCNC(N)=O)NC(=O)[C@@H](NC(=O)[C@H](CN)N2C(=O)C=CC2=O)C(C)C)cc1)C(C)C.O=C(O)C(F)(F)F. The molecule has 1 saturated heterocycles. The van der Waals surface area contributed by atoms with Crippen molar-refractivity contribution >= 4 is 76.9 Å². The van der Waals surface area contributed by atoms with Gasteiger partial charge in [0, 0.05) is 65.8 Å². The molecule has 2 aromatic carbocycles. The Morgan fingerprint density at radius 3 is 1.82 bits per heavy atom. The maximum Gasteiger partial charge on any atom is 0.490 e. The van der Waals surface area contributed by atoms with E-state index in [1.807, 2.05) is 32.0 Å². The number of aliphatic carboxylic acids is 1. The van der Waals surface area contributed by atoms with Crippen LogP contribution in [0.4, 0.5) is 28.4 Å². The van der Waals surface area contributed by atoms with Gasteiger partial charge in [-0.1, -0.05) is 111 Å². The summed E-state index contributed by atoms with van der Waals surface area (Å²) < 4.78 is 49.5. The van der Waals surface area contributed by atoms with Crippen LogP contribution in [-0.2, 0) is 68.8 Å². The fourth-order valence-corrected chi connectivity index (χ4v) is 11.7. The largest absolute Gasteiger partial charge is 0.490 e. The summed E-state index contributed by atoms with van der Waals surface area (Å²) in [6, 6.07) is 6.77. The lowest BCUT2D eigenvalue weighted by Crippen LogP contribution is -2.60. The van der Waals surface area contributed by atoms with Crippen molar-refractivity contribution in [3.05, 3.63) is 77.9 Å². The van der Waals surface area contributed by atoms with Gasteiger partial charge in [0.1, 0.15) is 36.8 Å². The van der Waals surface area contributed by atoms with E-state index in [-0.39, 0.29) is 55.8 Å². The number of nitrogens with one attached hydrogen (secondary N) is 6. The number of alkyl halides is 3. The van der Waals surface area contributed by atoms with Crippen molar-refractivity contribution in [2.75, 3.05) is 53.3 Å². The predicted molar refractivity (Wildman–Crippen MR) is 357 cm³/mol. The Balaban J connectivity index is 0.00000344. The fourth-order valence-electron chi connectivity index (χ4n) is 11.7. The number of benzene rings is 2. The first kappa shape index (κ1) is 84.5. The fraction of sp³-hybridized carbons (Fsp3) is 0.612. The number of aliphatic hydroxyl groups is 1. The van der Waals surface area contributed by atoms with Crippen molar-refractivity contribution in [2.24, 2.45) is 41.1 Å². The molecule has 2 aliphatic rings. The van der Waals surface area contributed by atoms with Crippen LogP contribution >= 0.6 is 0 Å². The number of anilines is 1. The summed E-state index contributed by atoms with van der Waals surface area (Å²) in [5.41, 5.74) is 12.5. The van der Waals surface area contributed by atoms with Gasteiger partial charge in [-0.05, 0) is 79.5 Å². The third-order valence-electron chi connectivity index (χ3n) is 17.4. The Morgan fingerprint density at radius 1 is 0.737 bits per heavy atom. The Bertz CT molecular complexity index is 3090. The molecule has 552 valence electrons. The monoisotopic (exact) mass is 1400 g/mol. The second-order valence-corrected chi connectivity index (χ2v) is 25.7. The van der Waals surface area contributed by atoms with Crippen molar-refractivity contribution in [1.82, 2.24) is 46.2 Å². The first-order valence-electron chi connectivity index (χ1n) is 32.8. The van der Waals surface area contributed by atoms with Gasteiger partial charge in [0.15, 0.2) is 0 Å². The average Bonchev–Trinajstić information content (AvgIpc) is 1.81. The lowest BCUT2D eigenvalue weighted by molar-refractivity contribution is -0.192. The molecular weight excluding hydrogens is 1300 g/mol. The van der Waals surface area contributed by atoms with E-state index < -0.39 is 162 Å². The zero-order chi connectivity index (χ0) is 74.9. The molecule has 0 aromatic heterocycles. The molecule has 0 unspecified atom stereocenters. The van der Waals surface area contributed by atoms with Gasteiger partial charge < -0.3 is 77.6 Å². The number of aliphatic hydroxyl groups excluding tert-OH is 1. The number of nitrogens with two attached hydrogens (primary N) is 2. The molecule has 99 heavy (non-hydrogen) atoms. The number of hydrogen-bond donors (Lipinski definition) is 10. The van der Waals surface area contributed by atoms with Gasteiger partial charge in [-0.2, -0.15) is 13.2 Å². The van der Waals surface area contributed by atoms with E-state index in [1.54, 1.807) is 91.6 Å². The van der Waals surface area contributed by atoms with Crippen molar-refractivity contribution in [3.63, 3.8) is 0 Å². The first-order chi connectivity index (χ1) is 46.4. The minimum absolute atomic E-state index is 0.0110. The van der Waals surface area contributed by atoms with Crippen LogP contribution in [0, 0.1) is 29.6 Å². The van der Waals surface area contributed by atoms with Gasteiger partial charge in [-0.25, -0.2) is 14.4 Å². The molecule has 0 aliphatic carbocycles. The van der Waals surface area contributed by atoms with E-state index in [9.17, 15) is 71.0 Å². The van der Waals surface area contributed by atoms with Crippen LogP contribution in [0.3, 0.4) is 0 Å². The summed E-state index contributed by atoms with van der Waals surface area (Å²) >= 11 is 0. The summed E-state index contributed by atoms with van der Waals surface area (Å²) in [6.07, 6.45) is -4.34. The molecule has 32 heteroatoms. The Kier molecular flexibility index (Phi) is 33.9. The number of ether oxygens (including phenoxy) is 3. The number of carboxylic acid groups (broad SMARTS) is 1. The highest BCUT2D eigenvalue weighted by atomic mass is 19.4. The van der Waals surface area contributed by atoms with Crippen LogP contribution in [0.1, 0.15) is 125 Å². The van der Waals surface area contributed by atoms with E-state index in [4.69, 9.17) is 35.6 Å². The third-order valence-corrected chi connectivity index (χ3v) is 17.4. The smallest absolute Gasteiger partial charge is 0.475 e. The molecule has 0 bridgehead atoms. The number of carboxylic acids is 1. The summed E-state index contributed by atoms with van der Waals surface area (Å²) in [7, 11) is 6.05. The summed E-state index contributed by atoms with van der Waals surface area (Å²) in [6.45, 7) is 17.6. The van der Waals surface area contributed by atoms with Gasteiger partial charge in [0.2, 0.25) is 41.4 Å². The van der Waals surface area contributed by atoms with Crippen LogP contribution < -0.4 is 43.4 Å². The Hall–Kier alpha value is -8.75. The van der Waals surface area contributed by atoms with Crippen molar-refractivity contribution in [2.45, 2.75) is 187 Å². The number of hydrogen-bond acceptors (Lipinski definition) is 17. The quantitative estimate of drug-likeness (QED) is 0.0349. The van der Waals surface area contributed by atoms with Crippen LogP contribution in [0.5, 0.6) is 0 Å². The summed E-state index contributed by atoms with van der Waals surface area (Å²) in [5.74, 6) is -10.4. The number of nitrogens with zero attached hydrogens (tertiary/aromatic N) is 4. The number of methoxy groups -OCH3 is 2. The maximum absolute atomic E-state index is 14.8. The van der Waals surface area contributed by atoms with Gasteiger partial charge >= 0.3 is 24.3 Å². The molecule has 29 nitrogen and oxygen atoms in total. The number of primary amides is 1. The topological polar surface area (TPSA) is 410 Å². The van der Waals surface area contributed by atoms with Crippen molar-refractivity contribution in [3.8, 4) is 0 Å². The molecule has 2 heterocycles. The lowest BCUT2D eigenvalue weighted by atomic mass is 9.89. The number of halogens is 3. The van der Waals surface area contributed by atoms with Crippen LogP contribution in [0.15, 0.2) is 66.7 Å². The molecule has 12 N–H and O–H groups in total. The van der Waals surface area contributed by atoms with Crippen LogP contribution in [0.25, 0.3) is 0 Å². The zero-order valence-electron chi connectivity index (χ0n) is 58.8. The third kappa shape index (κ3) is 24.6. The normalized spacial score (nSPS) is 17.4. The number of likely N-dealkylation sites (N-methyl/N-ethyl adjacent to an activating group) is 2. The number of carbonyl (C=O) groups excluding carboxylic acids is 11. The van der Waals surface area contributed by atoms with Crippen LogP contribution in [0.2, 0.25) is 0 Å². The summed E-state index contributed by atoms with van der Waals surface area (Å²) in [4.78, 5) is 162. The number of rotatable bonds is 35. The average molecular weight is 1400 g/mol. The zero-order valence-corrected chi connectivity index (χ0v) is 58.8. The number of urea groups is 1. The van der Waals surface area contributed by atoms with Gasteiger partial charge in [0.25, 0.3) is 11.8 Å². The van der Waals surface area contributed by atoms with E-state index in [2.05, 4.69) is 31.9 Å². The highest BCUT2D eigenvalue weighted by molar-refractivity contribution is 6.15. The predicted octanol–water partition coefficient (Wildman–Crippen LogP) is 3.48. The Morgan fingerprint density at radius 2 is 1.31 bits per heavy atom. The van der Waals surface area contributed by atoms with E-state index in [0.717, 1.165) is 17.1 Å². The standard InChI is InChI=1S/C65H100N12O15.C2HF3O2/c1-15-39(8)55(48(90-13)33-51(80)76-32-20-24-46(76)57(91-14)40(9)58(82)69-41(10)56(81)43-21-17-16-18-22-43)74(11)63(87)53(37(4)5)73-62(86)54(38(6)7)75(12)65(89)92-35-42-25-27-44(28-26-42)70-59(83)45(23-19-31-68-64(67)88)71-61(85)52(36(2)3)72-60(84)47(34-66)77-49(78)29-30-50(77)79;3-2(4,5)1(6)7/h16-18,21-22,25-30,36-41,45-48,52-57,81H,15,19-20,23-24,31-35,66H2,1-14H3,(H,69,82)(H,70,83)(H,71,85)(H,72,84)(H,73,86)(H3,67,68,88);(H,6,7)/t39-,40+,41+,45-,46-,47-,48+,52-,53-,54-,55-,56+,57+;/m0./s1. The molecule has 0 saturated carbocycles. The number of carbonyl (C=O) groups is 12. The highest BCUT2D eigenvalue weighted by Crippen LogP contribution is 2.31. The second-order valence-electron chi connectivity index (χ2n) is 25.7. The van der Waals surface area contributed by atoms with Crippen molar-refractivity contribution in [1.29, 1.82) is 0 Å². The molecule has 2 aromatic rings. The molecule has 2 aliphatic heterocycles. The Labute approximate surface area is 575 Å². The molecule has 13 atom stereocenters. The minimum atomic E-state index is -5.08. The first-order valence-corrected chi connectivity index (χ1v) is 32.8. The van der Waals surface area contributed by atoms with Gasteiger partial charge in [-0.15, -0.1) is 0 Å². The van der Waals surface area contributed by atoms with E-state index in [0.29, 0.717) is 41.8 Å². The highest BCUT2D eigenvalue weighted by Gasteiger charge is 2.45. The molecule has 12 amide bonds. The van der Waals surface area contributed by atoms with E-state index in [1.165, 1.54) is 38.3 Å². The number of amides is 12. The van der Waals surface area contributed by atoms with Gasteiger partial charge in [-0.3, -0.25) is 53.0 Å². The minimum Gasteiger partial charge on any atom is -0.475 e. The lowest BCUT2D eigenvalue weighted by Gasteiger charge is -2.41. The summed E-state index contributed by atoms with van der Waals surface area (Å²) in [5, 5.41) is 34.3.